The standard InChI is InChI=1S/C11H19N3S/c1-3-14-5-4-9-10(7-14)15-11(13-9)6-8(2)12/h8H,3-7,12H2,1-2H3. The summed E-state index contributed by atoms with van der Waals surface area (Å²) >= 11 is 1.85. The van der Waals surface area contributed by atoms with Crippen LogP contribution in [0.15, 0.2) is 0 Å². The number of aromatic nitrogens is 1. The average Bonchev–Trinajstić information content (AvgIpc) is 2.57. The molecule has 1 atom stereocenters. The summed E-state index contributed by atoms with van der Waals surface area (Å²) in [7, 11) is 0. The number of thiazole rings is 1. The SMILES string of the molecule is CCN1CCc2nc(CC(C)N)sc2C1. The lowest BCUT2D eigenvalue weighted by Gasteiger charge is -2.23. The largest absolute Gasteiger partial charge is 0.328 e. The fourth-order valence-electron chi connectivity index (χ4n) is 1.93. The number of hydrogen-bond acceptors (Lipinski definition) is 4. The lowest BCUT2D eigenvalue weighted by Crippen LogP contribution is -2.29. The van der Waals surface area contributed by atoms with E-state index in [4.69, 9.17) is 5.73 Å². The van der Waals surface area contributed by atoms with Crippen LogP contribution in [0.2, 0.25) is 0 Å². The van der Waals surface area contributed by atoms with Crippen LogP contribution in [0.3, 0.4) is 0 Å². The number of hydrogen-bond donors (Lipinski definition) is 1. The highest BCUT2D eigenvalue weighted by Gasteiger charge is 2.19. The fourth-order valence-corrected chi connectivity index (χ4v) is 3.23. The van der Waals surface area contributed by atoms with Crippen LogP contribution in [-0.4, -0.2) is 29.0 Å². The minimum Gasteiger partial charge on any atom is -0.328 e. The zero-order valence-corrected chi connectivity index (χ0v) is 10.3. The summed E-state index contributed by atoms with van der Waals surface area (Å²) < 4.78 is 0. The summed E-state index contributed by atoms with van der Waals surface area (Å²) in [4.78, 5) is 8.60. The molecular weight excluding hydrogens is 206 g/mol. The van der Waals surface area contributed by atoms with Crippen molar-refractivity contribution in [3.05, 3.63) is 15.6 Å². The molecule has 15 heavy (non-hydrogen) atoms. The van der Waals surface area contributed by atoms with Gasteiger partial charge in [0.15, 0.2) is 0 Å². The van der Waals surface area contributed by atoms with Crippen molar-refractivity contribution in [2.24, 2.45) is 5.73 Å². The van der Waals surface area contributed by atoms with E-state index in [0.29, 0.717) is 0 Å². The summed E-state index contributed by atoms with van der Waals surface area (Å²) in [5.41, 5.74) is 7.11. The molecule has 1 aliphatic heterocycles. The maximum atomic E-state index is 5.79. The van der Waals surface area contributed by atoms with Gasteiger partial charge in [-0.05, 0) is 13.5 Å². The summed E-state index contributed by atoms with van der Waals surface area (Å²) in [5.74, 6) is 0. The van der Waals surface area contributed by atoms with E-state index in [0.717, 1.165) is 32.5 Å². The van der Waals surface area contributed by atoms with Gasteiger partial charge in [0.05, 0.1) is 10.7 Å². The Labute approximate surface area is 95.3 Å². The fraction of sp³-hybridized carbons (Fsp3) is 0.727. The Morgan fingerprint density at radius 3 is 3.07 bits per heavy atom. The lowest BCUT2D eigenvalue weighted by molar-refractivity contribution is 0.269. The Morgan fingerprint density at radius 1 is 1.60 bits per heavy atom. The molecule has 0 aliphatic carbocycles. The third-order valence-corrected chi connectivity index (χ3v) is 3.90. The molecule has 0 saturated carbocycles. The monoisotopic (exact) mass is 225 g/mol. The summed E-state index contributed by atoms with van der Waals surface area (Å²) in [5, 5.41) is 1.22. The van der Waals surface area contributed by atoms with E-state index in [1.807, 2.05) is 18.3 Å². The average molecular weight is 225 g/mol. The Hall–Kier alpha value is -0.450. The molecule has 0 saturated heterocycles. The maximum Gasteiger partial charge on any atom is 0.0946 e. The molecule has 1 aliphatic rings. The molecule has 0 fully saturated rings. The van der Waals surface area contributed by atoms with Crippen molar-refractivity contribution in [3.63, 3.8) is 0 Å². The van der Waals surface area contributed by atoms with Crippen molar-refractivity contribution in [1.82, 2.24) is 9.88 Å². The minimum atomic E-state index is 0.222. The Morgan fingerprint density at radius 2 is 2.40 bits per heavy atom. The third-order valence-electron chi connectivity index (χ3n) is 2.80. The molecule has 0 aromatic carbocycles. The molecule has 2 rings (SSSR count). The van der Waals surface area contributed by atoms with Gasteiger partial charge < -0.3 is 5.73 Å². The first kappa shape index (κ1) is 11.0. The summed E-state index contributed by atoms with van der Waals surface area (Å²) in [6, 6.07) is 0.222. The Bertz CT molecular complexity index is 333. The topological polar surface area (TPSA) is 42.2 Å². The molecule has 0 spiro atoms. The molecule has 1 aromatic heterocycles. The van der Waals surface area contributed by atoms with Crippen LogP contribution in [0, 0.1) is 0 Å². The number of fused-ring (bicyclic) bond motifs is 1. The van der Waals surface area contributed by atoms with E-state index < -0.39 is 0 Å². The molecule has 3 nitrogen and oxygen atoms in total. The van der Waals surface area contributed by atoms with Crippen molar-refractivity contribution in [2.75, 3.05) is 13.1 Å². The van der Waals surface area contributed by atoms with Gasteiger partial charge in [-0.3, -0.25) is 4.90 Å². The van der Waals surface area contributed by atoms with Crippen LogP contribution in [0.4, 0.5) is 0 Å². The predicted molar refractivity (Wildman–Crippen MR) is 64.1 cm³/mol. The first-order valence-corrected chi connectivity index (χ1v) is 6.46. The highest BCUT2D eigenvalue weighted by molar-refractivity contribution is 7.11. The maximum absolute atomic E-state index is 5.79. The molecular formula is C11H19N3S. The van der Waals surface area contributed by atoms with E-state index in [1.54, 1.807) is 0 Å². The zero-order valence-electron chi connectivity index (χ0n) is 9.49. The van der Waals surface area contributed by atoms with Gasteiger partial charge >= 0.3 is 0 Å². The second-order valence-corrected chi connectivity index (χ2v) is 5.45. The van der Waals surface area contributed by atoms with Crippen LogP contribution in [-0.2, 0) is 19.4 Å². The second kappa shape index (κ2) is 4.60. The second-order valence-electron chi connectivity index (χ2n) is 4.28. The normalized spacial score (nSPS) is 18.9. The van der Waals surface area contributed by atoms with Crippen LogP contribution in [0.25, 0.3) is 0 Å². The molecule has 0 amide bonds. The van der Waals surface area contributed by atoms with Gasteiger partial charge in [0.2, 0.25) is 0 Å². The van der Waals surface area contributed by atoms with Crippen LogP contribution < -0.4 is 5.73 Å². The quantitative estimate of drug-likeness (QED) is 0.846. The van der Waals surface area contributed by atoms with Crippen LogP contribution >= 0.6 is 11.3 Å². The molecule has 2 N–H and O–H groups in total. The molecule has 1 aromatic rings. The van der Waals surface area contributed by atoms with Gasteiger partial charge in [0.25, 0.3) is 0 Å². The number of nitrogens with two attached hydrogens (primary N) is 1. The van der Waals surface area contributed by atoms with Gasteiger partial charge in [-0.1, -0.05) is 6.92 Å². The smallest absolute Gasteiger partial charge is 0.0946 e. The van der Waals surface area contributed by atoms with E-state index in [9.17, 15) is 0 Å². The van der Waals surface area contributed by atoms with Crippen molar-refractivity contribution in [3.8, 4) is 0 Å². The van der Waals surface area contributed by atoms with Crippen LogP contribution in [0.1, 0.15) is 29.4 Å². The van der Waals surface area contributed by atoms with Crippen LogP contribution in [0.5, 0.6) is 0 Å². The molecule has 4 heteroatoms. The van der Waals surface area contributed by atoms with E-state index in [-0.39, 0.29) is 6.04 Å². The highest BCUT2D eigenvalue weighted by atomic mass is 32.1. The van der Waals surface area contributed by atoms with Gasteiger partial charge in [0, 0.05) is 36.9 Å². The first-order valence-electron chi connectivity index (χ1n) is 5.64. The predicted octanol–water partition coefficient (Wildman–Crippen LogP) is 1.41. The minimum absolute atomic E-state index is 0.222. The number of nitrogens with zero attached hydrogens (tertiary/aromatic N) is 2. The van der Waals surface area contributed by atoms with E-state index >= 15 is 0 Å². The number of likely N-dealkylation sites (N-methyl/N-ethyl adjacent to an activating group) is 1. The molecule has 84 valence electrons. The van der Waals surface area contributed by atoms with Gasteiger partial charge in [-0.25, -0.2) is 4.98 Å². The molecule has 2 heterocycles. The van der Waals surface area contributed by atoms with Crippen molar-refractivity contribution in [2.45, 2.75) is 39.3 Å². The van der Waals surface area contributed by atoms with Crippen molar-refractivity contribution in [1.29, 1.82) is 0 Å². The zero-order chi connectivity index (χ0) is 10.8. The van der Waals surface area contributed by atoms with Crippen molar-refractivity contribution < 1.29 is 0 Å². The van der Waals surface area contributed by atoms with E-state index in [2.05, 4.69) is 16.8 Å². The summed E-state index contributed by atoms with van der Waals surface area (Å²) in [6.45, 7) is 7.64. The van der Waals surface area contributed by atoms with Gasteiger partial charge in [-0.2, -0.15) is 0 Å². The number of rotatable bonds is 3. The van der Waals surface area contributed by atoms with Gasteiger partial charge in [0.1, 0.15) is 0 Å². The summed E-state index contributed by atoms with van der Waals surface area (Å²) in [6.07, 6.45) is 2.03. The molecule has 0 radical (unpaired) electrons. The van der Waals surface area contributed by atoms with E-state index in [1.165, 1.54) is 15.6 Å². The third kappa shape index (κ3) is 2.56. The van der Waals surface area contributed by atoms with Gasteiger partial charge in [-0.15, -0.1) is 11.3 Å². The molecule has 1 unspecified atom stereocenters. The lowest BCUT2D eigenvalue weighted by atomic mass is 10.2. The first-order chi connectivity index (χ1) is 7.19. The highest BCUT2D eigenvalue weighted by Crippen LogP contribution is 2.25. The Kier molecular flexibility index (Phi) is 3.38. The van der Waals surface area contributed by atoms with Crippen molar-refractivity contribution >= 4 is 11.3 Å². The Balaban J connectivity index is 2.11. The molecule has 0 bridgehead atoms.